The second kappa shape index (κ2) is 8.59. The first kappa shape index (κ1) is 18.1. The zero-order chi connectivity index (χ0) is 17.6. The summed E-state index contributed by atoms with van der Waals surface area (Å²) in [7, 11) is 1.65. The lowest BCUT2D eigenvalue weighted by molar-refractivity contribution is -0.199. The molecule has 0 aliphatic carbocycles. The topological polar surface area (TPSA) is 41.9 Å². The minimum atomic E-state index is -0.527. The molecule has 3 rings (SSSR count). The molecule has 0 aromatic heterocycles. The summed E-state index contributed by atoms with van der Waals surface area (Å²) in [6.07, 6.45) is -0.141. The minimum absolute atomic E-state index is 0.0193. The van der Waals surface area contributed by atoms with Crippen molar-refractivity contribution in [3.05, 3.63) is 71.8 Å². The molecule has 4 atom stereocenters. The zero-order valence-corrected chi connectivity index (χ0v) is 14.9. The predicted molar refractivity (Wildman–Crippen MR) is 98.0 cm³/mol. The van der Waals surface area contributed by atoms with Crippen molar-refractivity contribution in [3.8, 4) is 0 Å². The molecule has 0 saturated carbocycles. The van der Waals surface area contributed by atoms with Crippen molar-refractivity contribution in [1.82, 2.24) is 4.90 Å². The molecule has 1 aliphatic heterocycles. The Hall–Kier alpha value is -1.72. The van der Waals surface area contributed by atoms with Crippen LogP contribution >= 0.6 is 0 Å². The first-order valence-electron chi connectivity index (χ1n) is 8.86. The van der Waals surface area contributed by atoms with Gasteiger partial charge < -0.3 is 14.6 Å². The monoisotopic (exact) mass is 341 g/mol. The molecule has 4 nitrogen and oxygen atoms in total. The molecule has 2 aromatic carbocycles. The van der Waals surface area contributed by atoms with E-state index in [2.05, 4.69) is 60.4 Å². The van der Waals surface area contributed by atoms with Crippen molar-refractivity contribution in [2.24, 2.45) is 0 Å². The summed E-state index contributed by atoms with van der Waals surface area (Å²) in [5.41, 5.74) is 2.48. The molecule has 25 heavy (non-hydrogen) atoms. The standard InChI is InChI=1S/C21H27NO3/c1-16(18-11-7-4-8-12-18)22(14-17-9-5-3-6-10-17)19-13-21(24-2)25-15-20(19)23/h3-12,16,19-21,23H,13-15H2,1-2H3/t16-,19-,20+,21+/m1/s1. The lowest BCUT2D eigenvalue weighted by Crippen LogP contribution is -2.52. The van der Waals surface area contributed by atoms with Gasteiger partial charge in [0.25, 0.3) is 0 Å². The van der Waals surface area contributed by atoms with Crippen molar-refractivity contribution >= 4 is 0 Å². The van der Waals surface area contributed by atoms with Crippen LogP contribution in [0.5, 0.6) is 0 Å². The van der Waals surface area contributed by atoms with E-state index in [0.717, 1.165) is 6.54 Å². The molecular formula is C21H27NO3. The maximum absolute atomic E-state index is 10.6. The van der Waals surface area contributed by atoms with Crippen molar-refractivity contribution in [3.63, 3.8) is 0 Å². The van der Waals surface area contributed by atoms with Gasteiger partial charge in [0.05, 0.1) is 12.7 Å². The fraction of sp³-hybridized carbons (Fsp3) is 0.429. The lowest BCUT2D eigenvalue weighted by atomic mass is 9.97. The number of hydrogen-bond donors (Lipinski definition) is 1. The van der Waals surface area contributed by atoms with Gasteiger partial charge >= 0.3 is 0 Å². The van der Waals surface area contributed by atoms with Crippen LogP contribution in [0.25, 0.3) is 0 Å². The van der Waals surface area contributed by atoms with E-state index in [4.69, 9.17) is 9.47 Å². The van der Waals surface area contributed by atoms with E-state index in [0.29, 0.717) is 13.0 Å². The minimum Gasteiger partial charge on any atom is -0.389 e. The third-order valence-corrected chi connectivity index (χ3v) is 5.01. The van der Waals surface area contributed by atoms with Gasteiger partial charge in [0.1, 0.15) is 0 Å². The number of nitrogens with zero attached hydrogens (tertiary/aromatic N) is 1. The lowest BCUT2D eigenvalue weighted by Gasteiger charge is -2.43. The van der Waals surface area contributed by atoms with E-state index in [1.165, 1.54) is 11.1 Å². The molecule has 2 aromatic rings. The molecule has 4 heteroatoms. The van der Waals surface area contributed by atoms with Gasteiger partial charge in [0.15, 0.2) is 6.29 Å². The molecule has 1 saturated heterocycles. The van der Waals surface area contributed by atoms with Gasteiger partial charge in [-0.1, -0.05) is 60.7 Å². The van der Waals surface area contributed by atoms with Crippen LogP contribution in [0.1, 0.15) is 30.5 Å². The summed E-state index contributed by atoms with van der Waals surface area (Å²) in [5, 5.41) is 10.6. The largest absolute Gasteiger partial charge is 0.389 e. The molecule has 0 unspecified atom stereocenters. The summed E-state index contributed by atoms with van der Waals surface area (Å²) in [6.45, 7) is 3.27. The van der Waals surface area contributed by atoms with Crippen LogP contribution in [0.15, 0.2) is 60.7 Å². The van der Waals surface area contributed by atoms with Gasteiger partial charge in [-0.25, -0.2) is 0 Å². The first-order valence-corrected chi connectivity index (χ1v) is 8.86. The Morgan fingerprint density at radius 1 is 1.12 bits per heavy atom. The quantitative estimate of drug-likeness (QED) is 0.875. The third kappa shape index (κ3) is 4.47. The maximum Gasteiger partial charge on any atom is 0.158 e. The van der Waals surface area contributed by atoms with Crippen LogP contribution in [0.2, 0.25) is 0 Å². The van der Waals surface area contributed by atoms with E-state index < -0.39 is 6.10 Å². The Kier molecular flexibility index (Phi) is 6.21. The van der Waals surface area contributed by atoms with Gasteiger partial charge in [-0.15, -0.1) is 0 Å². The number of hydrogen-bond acceptors (Lipinski definition) is 4. The molecule has 134 valence electrons. The Bertz CT molecular complexity index is 634. The molecule has 0 amide bonds. The number of benzene rings is 2. The Labute approximate surface area is 150 Å². The Morgan fingerprint density at radius 3 is 2.40 bits per heavy atom. The molecular weight excluding hydrogens is 314 g/mol. The molecule has 1 fully saturated rings. The summed E-state index contributed by atoms with van der Waals surface area (Å²) in [5.74, 6) is 0. The highest BCUT2D eigenvalue weighted by Crippen LogP contribution is 2.30. The second-order valence-corrected chi connectivity index (χ2v) is 6.61. The van der Waals surface area contributed by atoms with Crippen LogP contribution in [-0.4, -0.2) is 42.2 Å². The third-order valence-electron chi connectivity index (χ3n) is 5.01. The van der Waals surface area contributed by atoms with E-state index in [1.54, 1.807) is 7.11 Å². The van der Waals surface area contributed by atoms with Crippen molar-refractivity contribution in [2.45, 2.75) is 44.4 Å². The molecule has 0 spiro atoms. The van der Waals surface area contributed by atoms with E-state index in [-0.39, 0.29) is 18.4 Å². The molecule has 0 radical (unpaired) electrons. The van der Waals surface area contributed by atoms with Crippen LogP contribution < -0.4 is 0 Å². The SMILES string of the molecule is CO[C@@H]1C[C@@H](N(Cc2ccccc2)[C@H](C)c2ccccc2)[C@@H](O)CO1. The van der Waals surface area contributed by atoms with Crippen molar-refractivity contribution in [1.29, 1.82) is 0 Å². The Morgan fingerprint density at radius 2 is 1.76 bits per heavy atom. The summed E-state index contributed by atoms with van der Waals surface area (Å²) in [6, 6.07) is 21.0. The first-order chi connectivity index (χ1) is 12.2. The zero-order valence-electron chi connectivity index (χ0n) is 14.9. The number of ether oxygens (including phenoxy) is 2. The van der Waals surface area contributed by atoms with Crippen LogP contribution in [0.4, 0.5) is 0 Å². The number of aliphatic hydroxyl groups excluding tert-OH is 1. The van der Waals surface area contributed by atoms with Crippen LogP contribution in [0, 0.1) is 0 Å². The van der Waals surface area contributed by atoms with Gasteiger partial charge in [0.2, 0.25) is 0 Å². The summed E-state index contributed by atoms with van der Waals surface area (Å²) >= 11 is 0. The van der Waals surface area contributed by atoms with Gasteiger partial charge in [-0.05, 0) is 18.1 Å². The number of rotatable bonds is 6. The smallest absolute Gasteiger partial charge is 0.158 e. The van der Waals surface area contributed by atoms with Gasteiger partial charge in [-0.2, -0.15) is 0 Å². The summed E-state index contributed by atoms with van der Waals surface area (Å²) in [4.78, 5) is 2.36. The van der Waals surface area contributed by atoms with E-state index in [1.807, 2.05) is 12.1 Å². The number of aliphatic hydroxyl groups is 1. The van der Waals surface area contributed by atoms with E-state index in [9.17, 15) is 5.11 Å². The second-order valence-electron chi connectivity index (χ2n) is 6.61. The fourth-order valence-electron chi connectivity index (χ4n) is 3.52. The van der Waals surface area contributed by atoms with Crippen LogP contribution in [-0.2, 0) is 16.0 Å². The van der Waals surface area contributed by atoms with E-state index >= 15 is 0 Å². The maximum atomic E-state index is 10.6. The normalized spacial score (nSPS) is 25.0. The highest BCUT2D eigenvalue weighted by molar-refractivity contribution is 5.20. The molecule has 1 aliphatic rings. The summed E-state index contributed by atoms with van der Waals surface area (Å²) < 4.78 is 11.0. The Balaban J connectivity index is 1.87. The van der Waals surface area contributed by atoms with Gasteiger partial charge in [0, 0.05) is 32.2 Å². The van der Waals surface area contributed by atoms with Crippen LogP contribution in [0.3, 0.4) is 0 Å². The average molecular weight is 341 g/mol. The van der Waals surface area contributed by atoms with Crippen molar-refractivity contribution in [2.75, 3.05) is 13.7 Å². The molecule has 1 heterocycles. The highest BCUT2D eigenvalue weighted by atomic mass is 16.7. The molecule has 1 N–H and O–H groups in total. The number of methoxy groups -OCH3 is 1. The average Bonchev–Trinajstić information content (AvgIpc) is 2.68. The van der Waals surface area contributed by atoms with Gasteiger partial charge in [-0.3, -0.25) is 4.90 Å². The van der Waals surface area contributed by atoms with Crippen molar-refractivity contribution < 1.29 is 14.6 Å². The fourth-order valence-corrected chi connectivity index (χ4v) is 3.52. The molecule has 0 bridgehead atoms. The predicted octanol–water partition coefficient (Wildman–Crippen LogP) is 3.37. The highest BCUT2D eigenvalue weighted by Gasteiger charge is 2.36.